The van der Waals surface area contributed by atoms with Gasteiger partial charge in [-0.05, 0) is 24.6 Å². The van der Waals surface area contributed by atoms with Crippen LogP contribution < -0.4 is 9.64 Å². The van der Waals surface area contributed by atoms with E-state index in [1.54, 1.807) is 31.2 Å². The summed E-state index contributed by atoms with van der Waals surface area (Å²) in [5, 5.41) is 0. The van der Waals surface area contributed by atoms with Crippen LogP contribution in [0.4, 0.5) is 5.69 Å². The van der Waals surface area contributed by atoms with Crippen LogP contribution in [0.1, 0.15) is 6.42 Å². The maximum absolute atomic E-state index is 12.3. The van der Waals surface area contributed by atoms with Crippen LogP contribution in [0.25, 0.3) is 0 Å². The van der Waals surface area contributed by atoms with Crippen molar-refractivity contribution in [3.05, 3.63) is 22.7 Å². The number of likely N-dealkylation sites (N-methyl/N-ethyl adjacent to an activating group) is 1. The van der Waals surface area contributed by atoms with Crippen LogP contribution >= 0.6 is 15.9 Å². The van der Waals surface area contributed by atoms with Crippen LogP contribution in [0.2, 0.25) is 0 Å². The molecule has 1 aliphatic heterocycles. The zero-order chi connectivity index (χ0) is 16.1. The van der Waals surface area contributed by atoms with E-state index in [-0.39, 0.29) is 25.0 Å². The zero-order valence-corrected chi connectivity index (χ0v) is 14.3. The molecule has 0 unspecified atom stereocenters. The summed E-state index contributed by atoms with van der Waals surface area (Å²) in [5.74, 6) is 0.275. The number of hydrogen-bond donors (Lipinski definition) is 0. The zero-order valence-electron chi connectivity index (χ0n) is 12.7. The normalized spacial score (nSPS) is 13.6. The number of fused-ring (bicyclic) bond motifs is 1. The van der Waals surface area contributed by atoms with Gasteiger partial charge in [0, 0.05) is 31.8 Å². The summed E-state index contributed by atoms with van der Waals surface area (Å²) < 4.78 is 11.2. The van der Waals surface area contributed by atoms with Gasteiger partial charge in [0.05, 0.1) is 5.69 Å². The Labute approximate surface area is 138 Å². The number of rotatable bonds is 6. The van der Waals surface area contributed by atoms with Gasteiger partial charge in [0.25, 0.3) is 5.91 Å². The minimum Gasteiger partial charge on any atom is -0.482 e. The Kier molecular flexibility index (Phi) is 5.79. The van der Waals surface area contributed by atoms with Crippen molar-refractivity contribution in [3.63, 3.8) is 0 Å². The van der Waals surface area contributed by atoms with Gasteiger partial charge in [-0.3, -0.25) is 14.5 Å². The fraction of sp³-hybridized carbons (Fsp3) is 0.467. The van der Waals surface area contributed by atoms with Crippen LogP contribution in [0.15, 0.2) is 22.7 Å². The molecule has 6 nitrogen and oxygen atoms in total. The topological polar surface area (TPSA) is 59.1 Å². The summed E-state index contributed by atoms with van der Waals surface area (Å²) in [7, 11) is 3.36. The van der Waals surface area contributed by atoms with Gasteiger partial charge in [-0.25, -0.2) is 0 Å². The van der Waals surface area contributed by atoms with Crippen molar-refractivity contribution in [1.29, 1.82) is 0 Å². The summed E-state index contributed by atoms with van der Waals surface area (Å²) in [5.41, 5.74) is 0.623. The van der Waals surface area contributed by atoms with Crippen molar-refractivity contribution >= 4 is 33.4 Å². The second-order valence-corrected chi connectivity index (χ2v) is 5.96. The molecule has 7 heteroatoms. The Balaban J connectivity index is 2.06. The number of halogens is 1. The average Bonchev–Trinajstić information content (AvgIpc) is 2.50. The van der Waals surface area contributed by atoms with E-state index in [9.17, 15) is 9.59 Å². The molecule has 0 saturated carbocycles. The van der Waals surface area contributed by atoms with Crippen molar-refractivity contribution < 1.29 is 19.1 Å². The lowest BCUT2D eigenvalue weighted by Gasteiger charge is -2.30. The Morgan fingerprint density at radius 3 is 3.00 bits per heavy atom. The molecule has 2 amide bonds. The van der Waals surface area contributed by atoms with Gasteiger partial charge in [-0.1, -0.05) is 15.9 Å². The molecule has 0 aliphatic carbocycles. The lowest BCUT2D eigenvalue weighted by molar-refractivity contribution is -0.131. The Bertz CT molecular complexity index is 564. The van der Waals surface area contributed by atoms with Gasteiger partial charge in [0.15, 0.2) is 6.61 Å². The number of amides is 2. The number of methoxy groups -OCH3 is 1. The molecular formula is C15H19BrN2O4. The smallest absolute Gasteiger partial charge is 0.265 e. The fourth-order valence-corrected chi connectivity index (χ4v) is 2.52. The Morgan fingerprint density at radius 1 is 1.50 bits per heavy atom. The monoisotopic (exact) mass is 370 g/mol. The average molecular weight is 371 g/mol. The largest absolute Gasteiger partial charge is 0.482 e. The summed E-state index contributed by atoms with van der Waals surface area (Å²) in [6.07, 6.45) is 0.763. The molecule has 0 atom stereocenters. The van der Waals surface area contributed by atoms with Crippen molar-refractivity contribution in [2.45, 2.75) is 6.42 Å². The first-order chi connectivity index (χ1) is 10.5. The van der Waals surface area contributed by atoms with Gasteiger partial charge < -0.3 is 14.4 Å². The minimum absolute atomic E-state index is 0.0142. The Hall–Kier alpha value is -1.60. The van der Waals surface area contributed by atoms with Gasteiger partial charge in [0.1, 0.15) is 12.3 Å². The minimum atomic E-state index is -0.214. The van der Waals surface area contributed by atoms with Crippen LogP contribution in [0.5, 0.6) is 5.75 Å². The van der Waals surface area contributed by atoms with Gasteiger partial charge in [0.2, 0.25) is 5.91 Å². The third-order valence-corrected chi connectivity index (χ3v) is 3.92. The third kappa shape index (κ3) is 3.98. The quantitative estimate of drug-likeness (QED) is 0.714. The molecule has 0 aromatic heterocycles. The maximum Gasteiger partial charge on any atom is 0.265 e. The van der Waals surface area contributed by atoms with Crippen LogP contribution in [0.3, 0.4) is 0 Å². The van der Waals surface area contributed by atoms with Crippen molar-refractivity contribution in [2.75, 3.05) is 45.4 Å². The second kappa shape index (κ2) is 7.60. The molecule has 0 spiro atoms. The fourth-order valence-electron chi connectivity index (χ4n) is 2.18. The molecule has 1 aromatic rings. The van der Waals surface area contributed by atoms with Crippen molar-refractivity contribution in [3.8, 4) is 5.75 Å². The molecule has 0 fully saturated rings. The highest BCUT2D eigenvalue weighted by atomic mass is 79.9. The highest BCUT2D eigenvalue weighted by Crippen LogP contribution is 2.34. The summed E-state index contributed by atoms with van der Waals surface area (Å²) in [4.78, 5) is 27.4. The first kappa shape index (κ1) is 16.8. The molecular weight excluding hydrogens is 352 g/mol. The Morgan fingerprint density at radius 2 is 2.27 bits per heavy atom. The molecule has 1 aliphatic rings. The van der Waals surface area contributed by atoms with Gasteiger partial charge in [-0.15, -0.1) is 0 Å². The predicted molar refractivity (Wildman–Crippen MR) is 86.1 cm³/mol. The van der Waals surface area contributed by atoms with Crippen LogP contribution in [0, 0.1) is 0 Å². The highest BCUT2D eigenvalue weighted by Gasteiger charge is 2.28. The van der Waals surface area contributed by atoms with Crippen LogP contribution in [-0.2, 0) is 14.3 Å². The summed E-state index contributed by atoms with van der Waals surface area (Å²) in [6.45, 7) is 1.16. The van der Waals surface area contributed by atoms with Crippen molar-refractivity contribution in [2.24, 2.45) is 0 Å². The molecule has 22 heavy (non-hydrogen) atoms. The lowest BCUT2D eigenvalue weighted by atomic mass is 10.2. The van der Waals surface area contributed by atoms with Gasteiger partial charge in [-0.2, -0.15) is 0 Å². The number of ether oxygens (including phenoxy) is 2. The molecule has 0 saturated heterocycles. The van der Waals surface area contributed by atoms with Crippen molar-refractivity contribution in [1.82, 2.24) is 4.90 Å². The van der Waals surface area contributed by atoms with Crippen LogP contribution in [-0.4, -0.2) is 57.2 Å². The summed E-state index contributed by atoms with van der Waals surface area (Å²) in [6, 6.07) is 5.39. The second-order valence-electron chi connectivity index (χ2n) is 5.04. The standard InChI is InChI=1S/C15H19BrN2O4/c1-17(6-3-7-21-2)14(19)9-18-12-5-4-11(16)8-13(12)22-10-15(18)20/h4-5,8H,3,6-7,9-10H2,1-2H3. The molecule has 1 aromatic carbocycles. The van der Waals surface area contributed by atoms with E-state index in [2.05, 4.69) is 15.9 Å². The number of benzene rings is 1. The first-order valence-corrected chi connectivity index (χ1v) is 7.78. The molecule has 120 valence electrons. The number of carbonyl (C=O) groups is 2. The molecule has 1 heterocycles. The van der Waals surface area contributed by atoms with E-state index in [4.69, 9.17) is 9.47 Å². The molecule has 0 N–H and O–H groups in total. The number of anilines is 1. The van der Waals surface area contributed by atoms with E-state index in [1.807, 2.05) is 6.07 Å². The predicted octanol–water partition coefficient (Wildman–Crippen LogP) is 1.67. The molecule has 0 bridgehead atoms. The van der Waals surface area contributed by atoms with E-state index < -0.39 is 0 Å². The number of nitrogens with zero attached hydrogens (tertiary/aromatic N) is 2. The SMILES string of the molecule is COCCCN(C)C(=O)CN1C(=O)COc2cc(Br)ccc21. The van der Waals surface area contributed by atoms with E-state index in [0.717, 1.165) is 10.9 Å². The molecule has 2 rings (SSSR count). The van der Waals surface area contributed by atoms with E-state index in [1.165, 1.54) is 4.90 Å². The van der Waals surface area contributed by atoms with E-state index >= 15 is 0 Å². The third-order valence-electron chi connectivity index (χ3n) is 3.43. The molecule has 0 radical (unpaired) electrons. The summed E-state index contributed by atoms with van der Waals surface area (Å²) >= 11 is 3.36. The highest BCUT2D eigenvalue weighted by molar-refractivity contribution is 9.10. The number of hydrogen-bond acceptors (Lipinski definition) is 4. The maximum atomic E-state index is 12.3. The lowest BCUT2D eigenvalue weighted by Crippen LogP contribution is -2.45. The van der Waals surface area contributed by atoms with E-state index in [0.29, 0.717) is 24.6 Å². The van der Waals surface area contributed by atoms with Gasteiger partial charge >= 0.3 is 0 Å². The number of carbonyl (C=O) groups excluding carboxylic acids is 2. The first-order valence-electron chi connectivity index (χ1n) is 6.98.